The van der Waals surface area contributed by atoms with Gasteiger partial charge in [-0.25, -0.2) is 0 Å². The van der Waals surface area contributed by atoms with Crippen molar-refractivity contribution in [1.29, 1.82) is 0 Å². The molecule has 0 aromatic rings. The van der Waals surface area contributed by atoms with Gasteiger partial charge < -0.3 is 15.3 Å². The third-order valence-electron chi connectivity index (χ3n) is 4.67. The molecule has 0 spiro atoms. The zero-order valence-electron chi connectivity index (χ0n) is 13.0. The van der Waals surface area contributed by atoms with E-state index in [4.69, 9.17) is 0 Å². The van der Waals surface area contributed by atoms with Crippen LogP contribution in [0, 0.1) is 0 Å². The van der Waals surface area contributed by atoms with Crippen molar-refractivity contribution in [3.63, 3.8) is 0 Å². The largest absolute Gasteiger partial charge is 0.394 e. The summed E-state index contributed by atoms with van der Waals surface area (Å²) < 4.78 is 0. The fourth-order valence-electron chi connectivity index (χ4n) is 3.47. The van der Waals surface area contributed by atoms with Crippen molar-refractivity contribution in [1.82, 2.24) is 15.1 Å². The summed E-state index contributed by atoms with van der Waals surface area (Å²) in [6.07, 6.45) is 3.57. The number of piperazine rings is 1. The van der Waals surface area contributed by atoms with Gasteiger partial charge in [-0.05, 0) is 47.1 Å². The molecule has 0 aromatic heterocycles. The minimum Gasteiger partial charge on any atom is -0.394 e. The van der Waals surface area contributed by atoms with Crippen molar-refractivity contribution >= 4 is 0 Å². The van der Waals surface area contributed by atoms with Crippen molar-refractivity contribution < 1.29 is 5.11 Å². The normalized spacial score (nSPS) is 31.1. The first-order valence-electron chi connectivity index (χ1n) is 7.76. The molecule has 2 rings (SSSR count). The zero-order valence-corrected chi connectivity index (χ0v) is 13.0. The van der Waals surface area contributed by atoms with Gasteiger partial charge in [-0.3, -0.25) is 4.90 Å². The van der Waals surface area contributed by atoms with Crippen LogP contribution in [0.5, 0.6) is 0 Å². The summed E-state index contributed by atoms with van der Waals surface area (Å²) in [5.74, 6) is 0. The van der Waals surface area contributed by atoms with Crippen molar-refractivity contribution in [2.24, 2.45) is 0 Å². The van der Waals surface area contributed by atoms with Crippen LogP contribution < -0.4 is 5.32 Å². The summed E-state index contributed by atoms with van der Waals surface area (Å²) in [4.78, 5) is 5.00. The predicted octanol–water partition coefficient (Wildman–Crippen LogP) is 0.904. The highest BCUT2D eigenvalue weighted by atomic mass is 16.3. The van der Waals surface area contributed by atoms with E-state index >= 15 is 0 Å². The molecule has 2 aliphatic rings. The Hall–Kier alpha value is -0.160. The van der Waals surface area contributed by atoms with Crippen molar-refractivity contribution in [3.8, 4) is 0 Å². The van der Waals surface area contributed by atoms with Crippen LogP contribution in [0.25, 0.3) is 0 Å². The highest BCUT2D eigenvalue weighted by molar-refractivity contribution is 4.95. The molecule has 1 aliphatic heterocycles. The minimum absolute atomic E-state index is 0.121. The highest BCUT2D eigenvalue weighted by Gasteiger charge is 2.35. The number of nitrogens with one attached hydrogen (secondary N) is 1. The Morgan fingerprint density at radius 1 is 1.37 bits per heavy atom. The van der Waals surface area contributed by atoms with Crippen LogP contribution in [0.2, 0.25) is 0 Å². The summed E-state index contributed by atoms with van der Waals surface area (Å²) in [5, 5.41) is 13.4. The maximum atomic E-state index is 9.73. The van der Waals surface area contributed by atoms with Crippen molar-refractivity contribution in [3.05, 3.63) is 0 Å². The number of hydrogen-bond acceptors (Lipinski definition) is 4. The first-order chi connectivity index (χ1) is 8.93. The van der Waals surface area contributed by atoms with Crippen LogP contribution in [0.15, 0.2) is 0 Å². The molecule has 4 heteroatoms. The van der Waals surface area contributed by atoms with Gasteiger partial charge in [-0.15, -0.1) is 0 Å². The lowest BCUT2D eigenvalue weighted by Gasteiger charge is -2.44. The number of aliphatic hydroxyl groups excluding tert-OH is 1. The summed E-state index contributed by atoms with van der Waals surface area (Å²) >= 11 is 0. The van der Waals surface area contributed by atoms with E-state index in [1.54, 1.807) is 0 Å². The average molecular weight is 269 g/mol. The Bertz CT molecular complexity index is 295. The molecule has 2 N–H and O–H groups in total. The van der Waals surface area contributed by atoms with E-state index in [1.807, 2.05) is 0 Å². The van der Waals surface area contributed by atoms with Gasteiger partial charge in [0.25, 0.3) is 0 Å². The van der Waals surface area contributed by atoms with Gasteiger partial charge in [-0.2, -0.15) is 0 Å². The van der Waals surface area contributed by atoms with Gasteiger partial charge in [0.15, 0.2) is 0 Å². The molecular formula is C15H31N3O. The van der Waals surface area contributed by atoms with E-state index in [1.165, 1.54) is 12.8 Å². The Balaban J connectivity index is 1.89. The third kappa shape index (κ3) is 4.15. The predicted molar refractivity (Wildman–Crippen MR) is 79.4 cm³/mol. The smallest absolute Gasteiger partial charge is 0.0611 e. The Kier molecular flexibility index (Phi) is 4.88. The Morgan fingerprint density at radius 2 is 2.05 bits per heavy atom. The molecule has 4 nitrogen and oxygen atoms in total. The van der Waals surface area contributed by atoms with Crippen molar-refractivity contribution in [2.75, 3.05) is 33.3 Å². The van der Waals surface area contributed by atoms with Crippen LogP contribution >= 0.6 is 0 Å². The monoisotopic (exact) mass is 269 g/mol. The molecule has 0 aromatic carbocycles. The lowest BCUT2D eigenvalue weighted by molar-refractivity contribution is 0.0432. The standard InChI is InChI=1S/C15H31N3O/c1-12(18-8-7-17(4)10-13(18)2)9-15(3,11-19)16-14-5-6-14/h12-14,16,19H,5-11H2,1-4H3. The van der Waals surface area contributed by atoms with Crippen molar-refractivity contribution in [2.45, 2.75) is 63.7 Å². The van der Waals surface area contributed by atoms with E-state index in [0.717, 1.165) is 26.1 Å². The zero-order chi connectivity index (χ0) is 14.0. The van der Waals surface area contributed by atoms with E-state index in [9.17, 15) is 5.11 Å². The first-order valence-corrected chi connectivity index (χ1v) is 7.76. The summed E-state index contributed by atoms with van der Waals surface area (Å²) in [6, 6.07) is 1.78. The number of likely N-dealkylation sites (N-methyl/N-ethyl adjacent to an activating group) is 1. The fourth-order valence-corrected chi connectivity index (χ4v) is 3.47. The SMILES string of the molecule is CC1CN(C)CCN1C(C)CC(C)(CO)NC1CC1. The maximum Gasteiger partial charge on any atom is 0.0611 e. The number of rotatable bonds is 6. The average Bonchev–Trinajstić information content (AvgIpc) is 3.12. The second kappa shape index (κ2) is 6.08. The first kappa shape index (κ1) is 15.2. The van der Waals surface area contributed by atoms with E-state index < -0.39 is 0 Å². The highest BCUT2D eigenvalue weighted by Crippen LogP contribution is 2.26. The minimum atomic E-state index is -0.121. The number of aliphatic hydroxyl groups is 1. The number of nitrogens with zero attached hydrogens (tertiary/aromatic N) is 2. The Labute approximate surface area is 118 Å². The molecule has 0 amide bonds. The maximum absolute atomic E-state index is 9.73. The molecule has 3 atom stereocenters. The number of hydrogen-bond donors (Lipinski definition) is 2. The second-order valence-corrected chi connectivity index (χ2v) is 7.04. The molecule has 0 radical (unpaired) electrons. The van der Waals surface area contributed by atoms with Crippen LogP contribution in [0.4, 0.5) is 0 Å². The Morgan fingerprint density at radius 3 is 2.58 bits per heavy atom. The molecule has 1 aliphatic carbocycles. The molecule has 1 saturated heterocycles. The molecule has 19 heavy (non-hydrogen) atoms. The molecule has 112 valence electrons. The fraction of sp³-hybridized carbons (Fsp3) is 1.00. The second-order valence-electron chi connectivity index (χ2n) is 7.04. The molecule has 1 saturated carbocycles. The topological polar surface area (TPSA) is 38.7 Å². The third-order valence-corrected chi connectivity index (χ3v) is 4.67. The summed E-state index contributed by atoms with van der Waals surface area (Å²) in [5.41, 5.74) is -0.121. The molecule has 1 heterocycles. The van der Waals surface area contributed by atoms with Gasteiger partial charge in [0.05, 0.1) is 6.61 Å². The van der Waals surface area contributed by atoms with Gasteiger partial charge >= 0.3 is 0 Å². The quantitative estimate of drug-likeness (QED) is 0.752. The van der Waals surface area contributed by atoms with E-state index in [2.05, 4.69) is 42.9 Å². The van der Waals surface area contributed by atoms with Crippen LogP contribution in [-0.2, 0) is 0 Å². The molecule has 0 bridgehead atoms. The summed E-state index contributed by atoms with van der Waals surface area (Å²) in [7, 11) is 2.20. The molecule has 2 fully saturated rings. The molecular weight excluding hydrogens is 238 g/mol. The van der Waals surface area contributed by atoms with Crippen LogP contribution in [-0.4, -0.2) is 71.9 Å². The van der Waals surface area contributed by atoms with E-state index in [-0.39, 0.29) is 12.1 Å². The molecule has 3 unspecified atom stereocenters. The van der Waals surface area contributed by atoms with Gasteiger partial charge in [0.2, 0.25) is 0 Å². The summed E-state index contributed by atoms with van der Waals surface area (Å²) in [6.45, 7) is 10.5. The van der Waals surface area contributed by atoms with Gasteiger partial charge in [-0.1, -0.05) is 0 Å². The van der Waals surface area contributed by atoms with Crippen LogP contribution in [0.1, 0.15) is 40.0 Å². The van der Waals surface area contributed by atoms with Crippen LogP contribution in [0.3, 0.4) is 0 Å². The van der Waals surface area contributed by atoms with Gasteiger partial charge in [0.1, 0.15) is 0 Å². The lowest BCUT2D eigenvalue weighted by atomic mass is 9.92. The van der Waals surface area contributed by atoms with Gasteiger partial charge in [0, 0.05) is 43.3 Å². The van der Waals surface area contributed by atoms with E-state index in [0.29, 0.717) is 18.1 Å². The lowest BCUT2D eigenvalue weighted by Crippen LogP contribution is -2.57.